The van der Waals surface area contributed by atoms with E-state index >= 15 is 0 Å². The molecule has 176 valence electrons. The number of Topliss-reactive ketones (excluding diaryl/α,β-unsaturated/α-hetero) is 1. The molecule has 2 aromatic rings. The predicted molar refractivity (Wildman–Crippen MR) is 124 cm³/mol. The quantitative estimate of drug-likeness (QED) is 0.623. The summed E-state index contributed by atoms with van der Waals surface area (Å²) in [5, 5.41) is 0. The molecule has 0 bridgehead atoms. The molecule has 2 heterocycles. The number of benzene rings is 1. The minimum atomic E-state index is -0.332. The zero-order valence-electron chi connectivity index (χ0n) is 19.8. The van der Waals surface area contributed by atoms with Gasteiger partial charge in [0.15, 0.2) is 5.78 Å². The van der Waals surface area contributed by atoms with Gasteiger partial charge in [-0.15, -0.1) is 0 Å². The third-order valence-electron chi connectivity index (χ3n) is 7.13. The molecule has 1 aromatic carbocycles. The largest absolute Gasteiger partial charge is 0.337 e. The lowest BCUT2D eigenvalue weighted by molar-refractivity contribution is -0.140. The molecule has 6 nitrogen and oxygen atoms in total. The fourth-order valence-corrected chi connectivity index (χ4v) is 5.11. The highest BCUT2D eigenvalue weighted by Gasteiger charge is 2.33. The van der Waals surface area contributed by atoms with E-state index in [0.717, 1.165) is 49.9 Å². The molecule has 1 aromatic heterocycles. The van der Waals surface area contributed by atoms with Crippen LogP contribution < -0.4 is 0 Å². The van der Waals surface area contributed by atoms with Crippen molar-refractivity contribution in [1.29, 1.82) is 0 Å². The van der Waals surface area contributed by atoms with Gasteiger partial charge < -0.3 is 4.90 Å². The molecule has 1 saturated heterocycles. The van der Waals surface area contributed by atoms with Gasteiger partial charge in [-0.3, -0.25) is 14.5 Å². The van der Waals surface area contributed by atoms with Crippen LogP contribution in [0.25, 0.3) is 0 Å². The van der Waals surface area contributed by atoms with Crippen LogP contribution in [0.1, 0.15) is 65.5 Å². The van der Waals surface area contributed by atoms with Crippen molar-refractivity contribution in [3.63, 3.8) is 0 Å². The first-order valence-corrected chi connectivity index (χ1v) is 11.9. The van der Waals surface area contributed by atoms with Crippen molar-refractivity contribution in [2.75, 3.05) is 19.6 Å². The second kappa shape index (κ2) is 10.1. The molecular weight excluding hydrogens is 419 g/mol. The SMILES string of the molecule is Cc1ncc(C(=O)Cc2cc(F)cc(CN3CCN(C(=O)C4CCCC4)[C@@H](C)C3)c2C)cn1. The number of piperazine rings is 1. The van der Waals surface area contributed by atoms with Crippen LogP contribution in [0.4, 0.5) is 4.39 Å². The van der Waals surface area contributed by atoms with Crippen LogP contribution in [-0.4, -0.2) is 57.1 Å². The third-order valence-corrected chi connectivity index (χ3v) is 7.13. The molecule has 2 aliphatic rings. The van der Waals surface area contributed by atoms with Gasteiger partial charge in [0.05, 0.1) is 5.56 Å². The van der Waals surface area contributed by atoms with Crippen LogP contribution >= 0.6 is 0 Å². The van der Waals surface area contributed by atoms with Crippen molar-refractivity contribution in [2.45, 2.75) is 65.5 Å². The van der Waals surface area contributed by atoms with E-state index in [1.165, 1.54) is 18.5 Å². The summed E-state index contributed by atoms with van der Waals surface area (Å²) in [5.74, 6) is 0.657. The van der Waals surface area contributed by atoms with Crippen molar-refractivity contribution in [3.8, 4) is 0 Å². The van der Waals surface area contributed by atoms with Crippen LogP contribution in [0.3, 0.4) is 0 Å². The van der Waals surface area contributed by atoms with Crippen molar-refractivity contribution < 1.29 is 14.0 Å². The normalized spacial score (nSPS) is 19.8. The molecule has 1 aliphatic heterocycles. The minimum Gasteiger partial charge on any atom is -0.337 e. The van der Waals surface area contributed by atoms with Gasteiger partial charge in [-0.1, -0.05) is 12.8 Å². The summed E-state index contributed by atoms with van der Waals surface area (Å²) in [6.07, 6.45) is 7.51. The highest BCUT2D eigenvalue weighted by atomic mass is 19.1. The van der Waals surface area contributed by atoms with E-state index in [1.54, 1.807) is 13.0 Å². The Bertz CT molecular complexity index is 1020. The average Bonchev–Trinajstić information content (AvgIpc) is 3.32. The fourth-order valence-electron chi connectivity index (χ4n) is 5.11. The van der Waals surface area contributed by atoms with Crippen LogP contribution in [0.5, 0.6) is 0 Å². The first kappa shape index (κ1) is 23.5. The number of ketones is 1. The van der Waals surface area contributed by atoms with Gasteiger partial charge in [0.2, 0.25) is 5.91 Å². The van der Waals surface area contributed by atoms with E-state index in [1.807, 2.05) is 11.8 Å². The number of nitrogens with zero attached hydrogens (tertiary/aromatic N) is 4. The summed E-state index contributed by atoms with van der Waals surface area (Å²) in [6, 6.07) is 3.16. The Morgan fingerprint density at radius 1 is 1.06 bits per heavy atom. The van der Waals surface area contributed by atoms with Gasteiger partial charge in [-0.25, -0.2) is 14.4 Å². The highest BCUT2D eigenvalue weighted by molar-refractivity contribution is 5.97. The van der Waals surface area contributed by atoms with E-state index in [2.05, 4.69) is 21.8 Å². The Morgan fingerprint density at radius 2 is 1.73 bits per heavy atom. The minimum absolute atomic E-state index is 0.114. The van der Waals surface area contributed by atoms with Crippen LogP contribution in [0, 0.1) is 25.6 Å². The van der Waals surface area contributed by atoms with Crippen LogP contribution in [-0.2, 0) is 17.8 Å². The smallest absolute Gasteiger partial charge is 0.226 e. The number of hydrogen-bond donors (Lipinski definition) is 0. The van der Waals surface area contributed by atoms with E-state index in [9.17, 15) is 14.0 Å². The van der Waals surface area contributed by atoms with Gasteiger partial charge in [0.1, 0.15) is 11.6 Å². The monoisotopic (exact) mass is 452 g/mol. The summed E-state index contributed by atoms with van der Waals surface area (Å²) < 4.78 is 14.5. The first-order chi connectivity index (χ1) is 15.8. The standard InChI is InChI=1S/C26H33FN4O2/c1-17-15-30(8-9-31(17)26(33)20-6-4-5-7-20)16-22-11-24(27)10-21(18(22)2)12-25(32)23-13-28-19(3)29-14-23/h10-11,13-14,17,20H,4-9,12,15-16H2,1-3H3/t17-/m0/s1. The molecule has 0 radical (unpaired) electrons. The second-order valence-corrected chi connectivity index (χ2v) is 9.57. The Labute approximate surface area is 195 Å². The second-order valence-electron chi connectivity index (χ2n) is 9.57. The highest BCUT2D eigenvalue weighted by Crippen LogP contribution is 2.28. The number of carbonyl (C=O) groups excluding carboxylic acids is 2. The Morgan fingerprint density at radius 3 is 2.39 bits per heavy atom. The van der Waals surface area contributed by atoms with Gasteiger partial charge in [0.25, 0.3) is 0 Å². The molecule has 1 saturated carbocycles. The average molecular weight is 453 g/mol. The van der Waals surface area contributed by atoms with Crippen molar-refractivity contribution in [3.05, 3.63) is 58.4 Å². The molecular formula is C26H33FN4O2. The maximum atomic E-state index is 14.5. The number of carbonyl (C=O) groups is 2. The van der Waals surface area contributed by atoms with E-state index in [-0.39, 0.29) is 30.0 Å². The molecule has 4 rings (SSSR count). The number of halogens is 1. The molecule has 2 fully saturated rings. The number of hydrogen-bond acceptors (Lipinski definition) is 5. The van der Waals surface area contributed by atoms with Crippen LogP contribution in [0.2, 0.25) is 0 Å². The Balaban J connectivity index is 1.42. The summed E-state index contributed by atoms with van der Waals surface area (Å²) in [5.41, 5.74) is 2.96. The Kier molecular flexibility index (Phi) is 7.17. The van der Waals surface area contributed by atoms with E-state index < -0.39 is 0 Å². The molecule has 0 unspecified atom stereocenters. The summed E-state index contributed by atoms with van der Waals surface area (Å²) in [4.78, 5) is 38.1. The topological polar surface area (TPSA) is 66.4 Å². The summed E-state index contributed by atoms with van der Waals surface area (Å²) >= 11 is 0. The zero-order valence-corrected chi connectivity index (χ0v) is 19.8. The molecule has 33 heavy (non-hydrogen) atoms. The van der Waals surface area contributed by atoms with Gasteiger partial charge in [0, 0.05) is 57.0 Å². The first-order valence-electron chi connectivity index (χ1n) is 11.9. The molecule has 1 atom stereocenters. The van der Waals surface area contributed by atoms with Crippen LogP contribution in [0.15, 0.2) is 24.5 Å². The third kappa shape index (κ3) is 5.46. The summed E-state index contributed by atoms with van der Waals surface area (Å²) in [7, 11) is 0. The van der Waals surface area contributed by atoms with E-state index in [4.69, 9.17) is 0 Å². The van der Waals surface area contributed by atoms with Gasteiger partial charge >= 0.3 is 0 Å². The van der Waals surface area contributed by atoms with E-state index in [0.29, 0.717) is 35.9 Å². The number of rotatable bonds is 6. The lowest BCUT2D eigenvalue weighted by atomic mass is 9.96. The Hall–Kier alpha value is -2.67. The predicted octanol–water partition coefficient (Wildman–Crippen LogP) is 3.88. The van der Waals surface area contributed by atoms with Crippen molar-refractivity contribution in [2.24, 2.45) is 5.92 Å². The molecule has 0 N–H and O–H groups in total. The fraction of sp³-hybridized carbons (Fsp3) is 0.538. The number of amides is 1. The maximum absolute atomic E-state index is 14.5. The number of aryl methyl sites for hydroxylation is 1. The molecule has 1 amide bonds. The summed E-state index contributed by atoms with van der Waals surface area (Å²) in [6.45, 7) is 8.68. The van der Waals surface area contributed by atoms with Gasteiger partial charge in [-0.2, -0.15) is 0 Å². The van der Waals surface area contributed by atoms with Gasteiger partial charge in [-0.05, 0) is 62.4 Å². The van der Waals surface area contributed by atoms with Crippen molar-refractivity contribution >= 4 is 11.7 Å². The number of aromatic nitrogens is 2. The maximum Gasteiger partial charge on any atom is 0.226 e. The molecule has 1 aliphatic carbocycles. The zero-order chi connectivity index (χ0) is 23.5. The molecule has 7 heteroatoms. The lowest BCUT2D eigenvalue weighted by Gasteiger charge is -2.41. The molecule has 0 spiro atoms. The lowest BCUT2D eigenvalue weighted by Crippen LogP contribution is -2.54. The van der Waals surface area contributed by atoms with Crippen molar-refractivity contribution in [1.82, 2.24) is 19.8 Å².